The molecule has 0 radical (unpaired) electrons. The van der Waals surface area contributed by atoms with Gasteiger partial charge in [-0.2, -0.15) is 0 Å². The van der Waals surface area contributed by atoms with E-state index in [1.807, 2.05) is 26.0 Å². The van der Waals surface area contributed by atoms with E-state index in [1.54, 1.807) is 12.1 Å². The summed E-state index contributed by atoms with van der Waals surface area (Å²) in [7, 11) is 0. The maximum absolute atomic E-state index is 11.6. The van der Waals surface area contributed by atoms with E-state index in [-0.39, 0.29) is 6.04 Å². The van der Waals surface area contributed by atoms with E-state index < -0.39 is 11.8 Å². The normalized spacial score (nSPS) is 11.7. The van der Waals surface area contributed by atoms with Gasteiger partial charge in [-0.25, -0.2) is 0 Å². The molecule has 4 heteroatoms. The summed E-state index contributed by atoms with van der Waals surface area (Å²) in [6, 6.07) is 7.47. The van der Waals surface area contributed by atoms with Crippen LogP contribution in [0.25, 0.3) is 0 Å². The van der Waals surface area contributed by atoms with Crippen LogP contribution in [0.5, 0.6) is 0 Å². The molecule has 0 saturated heterocycles. The Hall–Kier alpha value is -1.84. The highest BCUT2D eigenvalue weighted by atomic mass is 16.2. The lowest BCUT2D eigenvalue weighted by molar-refractivity contribution is -0.136. The summed E-state index contributed by atoms with van der Waals surface area (Å²) >= 11 is 0. The Kier molecular flexibility index (Phi) is 5.36. The van der Waals surface area contributed by atoms with Crippen molar-refractivity contribution in [3.05, 3.63) is 29.8 Å². The Balaban J connectivity index is 2.55. The van der Waals surface area contributed by atoms with Gasteiger partial charge in [0.25, 0.3) is 0 Å². The van der Waals surface area contributed by atoms with Crippen LogP contribution < -0.4 is 10.6 Å². The second kappa shape index (κ2) is 6.79. The number of carbonyl (C=O) groups is 2. The average Bonchev–Trinajstić information content (AvgIpc) is 2.39. The van der Waals surface area contributed by atoms with E-state index in [0.717, 1.165) is 12.8 Å². The van der Waals surface area contributed by atoms with Crippen LogP contribution in [0.3, 0.4) is 0 Å². The van der Waals surface area contributed by atoms with Gasteiger partial charge in [0.15, 0.2) is 0 Å². The number of anilines is 1. The summed E-state index contributed by atoms with van der Waals surface area (Å²) in [5, 5.41) is 5.19. The van der Waals surface area contributed by atoms with E-state index in [0.29, 0.717) is 5.69 Å². The quantitative estimate of drug-likeness (QED) is 0.802. The van der Waals surface area contributed by atoms with Crippen molar-refractivity contribution < 1.29 is 9.59 Å². The molecule has 98 valence electrons. The van der Waals surface area contributed by atoms with Crippen LogP contribution in [0.4, 0.5) is 5.69 Å². The Morgan fingerprint density at radius 1 is 1.11 bits per heavy atom. The van der Waals surface area contributed by atoms with Crippen molar-refractivity contribution in [1.29, 1.82) is 0 Å². The number of aryl methyl sites for hydroxylation is 1. The molecule has 1 rings (SSSR count). The van der Waals surface area contributed by atoms with Gasteiger partial charge < -0.3 is 10.6 Å². The Morgan fingerprint density at radius 3 is 2.22 bits per heavy atom. The van der Waals surface area contributed by atoms with Gasteiger partial charge in [-0.05, 0) is 37.5 Å². The van der Waals surface area contributed by atoms with E-state index >= 15 is 0 Å². The maximum Gasteiger partial charge on any atom is 0.313 e. The molecule has 4 nitrogen and oxygen atoms in total. The van der Waals surface area contributed by atoms with Gasteiger partial charge in [0.05, 0.1) is 0 Å². The van der Waals surface area contributed by atoms with Gasteiger partial charge in [-0.3, -0.25) is 9.59 Å². The Morgan fingerprint density at radius 2 is 1.72 bits per heavy atom. The lowest BCUT2D eigenvalue weighted by atomic mass is 10.1. The zero-order valence-corrected chi connectivity index (χ0v) is 11.1. The van der Waals surface area contributed by atoms with Crippen LogP contribution in [0.15, 0.2) is 24.3 Å². The molecule has 18 heavy (non-hydrogen) atoms. The molecule has 0 spiro atoms. The zero-order valence-electron chi connectivity index (χ0n) is 11.1. The fourth-order valence-corrected chi connectivity index (χ4v) is 1.40. The average molecular weight is 248 g/mol. The van der Waals surface area contributed by atoms with Crippen LogP contribution in [-0.4, -0.2) is 17.9 Å². The lowest BCUT2D eigenvalue weighted by Gasteiger charge is -2.11. The summed E-state index contributed by atoms with van der Waals surface area (Å²) in [5.41, 5.74) is 1.83. The molecule has 0 aliphatic carbocycles. The summed E-state index contributed by atoms with van der Waals surface area (Å²) in [6.45, 7) is 5.88. The van der Waals surface area contributed by atoms with Gasteiger partial charge in [0.1, 0.15) is 0 Å². The Bertz CT molecular complexity index is 412. The van der Waals surface area contributed by atoms with Crippen molar-refractivity contribution in [1.82, 2.24) is 5.32 Å². The van der Waals surface area contributed by atoms with E-state index in [9.17, 15) is 9.59 Å². The molecule has 1 atom stereocenters. The van der Waals surface area contributed by atoms with Crippen molar-refractivity contribution in [3.63, 3.8) is 0 Å². The number of nitrogens with one attached hydrogen (secondary N) is 2. The largest absolute Gasteiger partial charge is 0.345 e. The minimum absolute atomic E-state index is 0.00529. The molecule has 0 fully saturated rings. The molecule has 1 aromatic rings. The first-order valence-corrected chi connectivity index (χ1v) is 6.27. The highest BCUT2D eigenvalue weighted by Gasteiger charge is 2.15. The van der Waals surface area contributed by atoms with Crippen molar-refractivity contribution in [2.24, 2.45) is 0 Å². The highest BCUT2D eigenvalue weighted by molar-refractivity contribution is 6.39. The second-order valence-corrected chi connectivity index (χ2v) is 4.29. The molecule has 0 aliphatic heterocycles. The van der Waals surface area contributed by atoms with Crippen molar-refractivity contribution in [2.75, 3.05) is 5.32 Å². The van der Waals surface area contributed by atoms with Crippen molar-refractivity contribution in [3.8, 4) is 0 Å². The van der Waals surface area contributed by atoms with Gasteiger partial charge in [-0.1, -0.05) is 26.0 Å². The first-order chi connectivity index (χ1) is 8.56. The topological polar surface area (TPSA) is 58.2 Å². The van der Waals surface area contributed by atoms with E-state index in [4.69, 9.17) is 0 Å². The molecule has 0 bridgehead atoms. The molecular formula is C14H20N2O2. The summed E-state index contributed by atoms with van der Waals surface area (Å²) in [6.07, 6.45) is 1.74. The monoisotopic (exact) mass is 248 g/mol. The van der Waals surface area contributed by atoms with Crippen LogP contribution in [0.2, 0.25) is 0 Å². The smallest absolute Gasteiger partial charge is 0.313 e. The van der Waals surface area contributed by atoms with Gasteiger partial charge in [-0.15, -0.1) is 0 Å². The first-order valence-electron chi connectivity index (χ1n) is 6.27. The second-order valence-electron chi connectivity index (χ2n) is 4.29. The predicted octanol–water partition coefficient (Wildman–Crippen LogP) is 2.10. The van der Waals surface area contributed by atoms with E-state index in [2.05, 4.69) is 17.6 Å². The fourth-order valence-electron chi connectivity index (χ4n) is 1.40. The maximum atomic E-state index is 11.6. The van der Waals surface area contributed by atoms with Gasteiger partial charge in [0.2, 0.25) is 0 Å². The Labute approximate surface area is 108 Å². The van der Waals surface area contributed by atoms with E-state index in [1.165, 1.54) is 5.56 Å². The zero-order chi connectivity index (χ0) is 13.5. The number of hydrogen-bond donors (Lipinski definition) is 2. The third-order valence-electron chi connectivity index (χ3n) is 2.82. The molecule has 2 amide bonds. The number of amides is 2. The molecule has 0 heterocycles. The van der Waals surface area contributed by atoms with Gasteiger partial charge >= 0.3 is 11.8 Å². The minimum atomic E-state index is -0.625. The first kappa shape index (κ1) is 14.2. The van der Waals surface area contributed by atoms with Crippen LogP contribution >= 0.6 is 0 Å². The molecular weight excluding hydrogens is 228 g/mol. The SMILES string of the molecule is CCc1ccc(NC(=O)C(=O)N[C@H](C)CC)cc1. The molecule has 1 aromatic carbocycles. The summed E-state index contributed by atoms with van der Waals surface area (Å²) < 4.78 is 0. The molecule has 0 aromatic heterocycles. The predicted molar refractivity (Wildman–Crippen MR) is 72.3 cm³/mol. The molecule has 0 unspecified atom stereocenters. The summed E-state index contributed by atoms with van der Waals surface area (Å²) in [4.78, 5) is 23.1. The van der Waals surface area contributed by atoms with Crippen molar-refractivity contribution in [2.45, 2.75) is 39.7 Å². The number of hydrogen-bond acceptors (Lipinski definition) is 2. The molecule has 2 N–H and O–H groups in total. The minimum Gasteiger partial charge on any atom is -0.345 e. The third kappa shape index (κ3) is 4.20. The molecule has 0 aliphatic rings. The third-order valence-corrected chi connectivity index (χ3v) is 2.82. The van der Waals surface area contributed by atoms with Crippen molar-refractivity contribution >= 4 is 17.5 Å². The standard InChI is InChI=1S/C14H20N2O2/c1-4-10(3)15-13(17)14(18)16-12-8-6-11(5-2)7-9-12/h6-10H,4-5H2,1-3H3,(H,15,17)(H,16,18)/t10-/m1/s1. The van der Waals surface area contributed by atoms with Crippen LogP contribution in [0, 0.1) is 0 Å². The van der Waals surface area contributed by atoms with Crippen LogP contribution in [-0.2, 0) is 16.0 Å². The lowest BCUT2D eigenvalue weighted by Crippen LogP contribution is -2.40. The highest BCUT2D eigenvalue weighted by Crippen LogP contribution is 2.09. The number of benzene rings is 1. The fraction of sp³-hybridized carbons (Fsp3) is 0.429. The summed E-state index contributed by atoms with van der Waals surface area (Å²) in [5.74, 6) is -1.22. The number of carbonyl (C=O) groups excluding carboxylic acids is 2. The number of rotatable bonds is 4. The van der Waals surface area contributed by atoms with Gasteiger partial charge in [0, 0.05) is 11.7 Å². The van der Waals surface area contributed by atoms with Crippen LogP contribution in [0.1, 0.15) is 32.8 Å². The molecule has 0 saturated carbocycles.